The Kier molecular flexibility index (Phi) is 7.18. The number of nitrogens with zero attached hydrogens (tertiary/aromatic N) is 1. The Morgan fingerprint density at radius 2 is 1.68 bits per heavy atom. The van der Waals surface area contributed by atoms with Crippen molar-refractivity contribution >= 4 is 12.0 Å². The summed E-state index contributed by atoms with van der Waals surface area (Å²) in [6.45, 7) is 5.56. The van der Waals surface area contributed by atoms with Crippen LogP contribution in [0.3, 0.4) is 0 Å². The number of amides is 2. The molecule has 0 aromatic heterocycles. The highest BCUT2D eigenvalue weighted by molar-refractivity contribution is 5.94. The zero-order chi connectivity index (χ0) is 25.3. The Labute approximate surface area is 193 Å². The fraction of sp³-hybridized carbons (Fsp3) is 0.417. The van der Waals surface area contributed by atoms with Gasteiger partial charge in [0.1, 0.15) is 17.2 Å². The van der Waals surface area contributed by atoms with E-state index in [9.17, 15) is 31.5 Å². The first kappa shape index (κ1) is 25.5. The van der Waals surface area contributed by atoms with Gasteiger partial charge >= 0.3 is 12.3 Å². The molecule has 0 aliphatic carbocycles. The third kappa shape index (κ3) is 6.24. The number of carbonyl (C=O) groups is 2. The first-order chi connectivity index (χ1) is 15.7. The molecule has 1 fully saturated rings. The van der Waals surface area contributed by atoms with Crippen LogP contribution >= 0.6 is 0 Å². The Balaban J connectivity index is 1.84. The monoisotopic (exact) mass is 484 g/mol. The predicted molar refractivity (Wildman–Crippen MR) is 114 cm³/mol. The molecule has 184 valence electrons. The highest BCUT2D eigenvalue weighted by Crippen LogP contribution is 2.33. The van der Waals surface area contributed by atoms with Crippen LogP contribution < -0.4 is 5.32 Å². The summed E-state index contributed by atoms with van der Waals surface area (Å²) in [5.41, 5.74) is -1.96. The lowest BCUT2D eigenvalue weighted by Gasteiger charge is -2.39. The number of alkyl halides is 3. The number of likely N-dealkylation sites (tertiary alicyclic amines) is 1. The number of hydrogen-bond donors (Lipinski definition) is 1. The van der Waals surface area contributed by atoms with Gasteiger partial charge < -0.3 is 15.0 Å². The number of benzene rings is 2. The number of hydrogen-bond acceptors (Lipinski definition) is 3. The lowest BCUT2D eigenvalue weighted by molar-refractivity contribution is -0.140. The van der Waals surface area contributed by atoms with Crippen molar-refractivity contribution in [2.24, 2.45) is 0 Å². The first-order valence-corrected chi connectivity index (χ1v) is 10.7. The molecule has 3 rings (SSSR count). The highest BCUT2D eigenvalue weighted by atomic mass is 19.4. The summed E-state index contributed by atoms with van der Waals surface area (Å²) in [5.74, 6) is -3.23. The molecule has 1 heterocycles. The summed E-state index contributed by atoms with van der Waals surface area (Å²) in [6, 6.07) is 7.01. The van der Waals surface area contributed by atoms with Crippen molar-refractivity contribution in [3.8, 4) is 0 Å². The van der Waals surface area contributed by atoms with E-state index in [1.165, 1.54) is 29.2 Å². The lowest BCUT2D eigenvalue weighted by atomic mass is 9.85. The van der Waals surface area contributed by atoms with Crippen molar-refractivity contribution in [3.05, 3.63) is 70.8 Å². The molecule has 1 N–H and O–H groups in total. The van der Waals surface area contributed by atoms with Crippen LogP contribution in [0.5, 0.6) is 0 Å². The zero-order valence-electron chi connectivity index (χ0n) is 18.9. The van der Waals surface area contributed by atoms with Crippen molar-refractivity contribution in [2.75, 3.05) is 13.1 Å². The summed E-state index contributed by atoms with van der Waals surface area (Å²) in [5, 5.41) is 2.70. The second kappa shape index (κ2) is 9.60. The van der Waals surface area contributed by atoms with Crippen LogP contribution in [-0.2, 0) is 10.9 Å². The Bertz CT molecular complexity index is 1050. The van der Waals surface area contributed by atoms with Gasteiger partial charge in [-0.05, 0) is 63.1 Å². The van der Waals surface area contributed by atoms with E-state index in [-0.39, 0.29) is 25.1 Å². The smallest absolute Gasteiger partial charge is 0.419 e. The van der Waals surface area contributed by atoms with Crippen LogP contribution in [0.25, 0.3) is 0 Å². The van der Waals surface area contributed by atoms with E-state index in [2.05, 4.69) is 5.32 Å². The molecule has 34 heavy (non-hydrogen) atoms. The van der Waals surface area contributed by atoms with E-state index in [0.29, 0.717) is 17.7 Å². The molecule has 0 radical (unpaired) electrons. The standard InChI is InChI=1S/C24H25F5N2O3/c1-23(2,3)34-22(33)31-11-10-20(17(13-31)14-4-7-16(25)8-5-14)30-21(32)15-6-9-19(26)18(12-15)24(27,28)29/h4-9,12,17,20H,10-11,13H2,1-3H3,(H,30,32)/t17-,20+/m0/s1. The van der Waals surface area contributed by atoms with Gasteiger partial charge in [-0.2, -0.15) is 13.2 Å². The second-order valence-electron chi connectivity index (χ2n) is 9.15. The van der Waals surface area contributed by atoms with Crippen LogP contribution in [0.1, 0.15) is 54.6 Å². The number of piperidine rings is 1. The van der Waals surface area contributed by atoms with E-state index < -0.39 is 52.9 Å². The van der Waals surface area contributed by atoms with E-state index in [0.717, 1.165) is 6.07 Å². The van der Waals surface area contributed by atoms with E-state index >= 15 is 0 Å². The largest absolute Gasteiger partial charge is 0.444 e. The Morgan fingerprint density at radius 1 is 1.03 bits per heavy atom. The van der Waals surface area contributed by atoms with Crippen LogP contribution in [0, 0.1) is 11.6 Å². The maximum absolute atomic E-state index is 13.6. The van der Waals surface area contributed by atoms with Gasteiger partial charge in [0, 0.05) is 30.6 Å². The highest BCUT2D eigenvalue weighted by Gasteiger charge is 2.37. The molecular formula is C24H25F5N2O3. The van der Waals surface area contributed by atoms with Gasteiger partial charge in [-0.25, -0.2) is 13.6 Å². The average molecular weight is 484 g/mol. The number of carbonyl (C=O) groups excluding carboxylic acids is 2. The molecule has 1 saturated heterocycles. The molecule has 0 bridgehead atoms. The van der Waals surface area contributed by atoms with E-state index in [1.54, 1.807) is 20.8 Å². The summed E-state index contributed by atoms with van der Waals surface area (Å²) in [6.07, 6.45) is -5.21. The van der Waals surface area contributed by atoms with Gasteiger partial charge in [0.15, 0.2) is 0 Å². The van der Waals surface area contributed by atoms with Crippen molar-refractivity contribution in [2.45, 2.75) is 50.9 Å². The average Bonchev–Trinajstić information content (AvgIpc) is 2.73. The van der Waals surface area contributed by atoms with Gasteiger partial charge in [0.25, 0.3) is 5.91 Å². The third-order valence-electron chi connectivity index (χ3n) is 5.41. The second-order valence-corrected chi connectivity index (χ2v) is 9.15. The maximum atomic E-state index is 13.6. The molecule has 2 amide bonds. The van der Waals surface area contributed by atoms with Crippen molar-refractivity contribution < 1.29 is 36.3 Å². The van der Waals surface area contributed by atoms with Crippen LogP contribution in [-0.4, -0.2) is 41.6 Å². The summed E-state index contributed by atoms with van der Waals surface area (Å²) in [7, 11) is 0. The molecular weight excluding hydrogens is 459 g/mol. The summed E-state index contributed by atoms with van der Waals surface area (Å²) >= 11 is 0. The van der Waals surface area contributed by atoms with Gasteiger partial charge in [-0.1, -0.05) is 12.1 Å². The molecule has 0 unspecified atom stereocenters. The maximum Gasteiger partial charge on any atom is 0.419 e. The topological polar surface area (TPSA) is 58.6 Å². The summed E-state index contributed by atoms with van der Waals surface area (Å²) in [4.78, 5) is 26.8. The Hall–Kier alpha value is -3.17. The van der Waals surface area contributed by atoms with Crippen LogP contribution in [0.4, 0.5) is 26.7 Å². The molecule has 10 heteroatoms. The molecule has 1 aliphatic rings. The Morgan fingerprint density at radius 3 is 2.26 bits per heavy atom. The minimum Gasteiger partial charge on any atom is -0.444 e. The first-order valence-electron chi connectivity index (χ1n) is 10.7. The SMILES string of the molecule is CC(C)(C)OC(=O)N1CC[C@@H](NC(=O)c2ccc(F)c(C(F)(F)F)c2)[C@H](c2ccc(F)cc2)C1. The fourth-order valence-corrected chi connectivity index (χ4v) is 3.80. The summed E-state index contributed by atoms with van der Waals surface area (Å²) < 4.78 is 71.6. The fourth-order valence-electron chi connectivity index (χ4n) is 3.80. The lowest BCUT2D eigenvalue weighted by Crippen LogP contribution is -2.52. The molecule has 2 atom stereocenters. The normalized spacial score (nSPS) is 19.0. The van der Waals surface area contributed by atoms with Gasteiger partial charge in [-0.3, -0.25) is 4.79 Å². The molecule has 0 saturated carbocycles. The van der Waals surface area contributed by atoms with Crippen LogP contribution in [0.15, 0.2) is 42.5 Å². The zero-order valence-corrected chi connectivity index (χ0v) is 18.9. The van der Waals surface area contributed by atoms with Gasteiger partial charge in [0.05, 0.1) is 5.56 Å². The number of nitrogens with one attached hydrogen (secondary N) is 1. The molecule has 2 aromatic rings. The van der Waals surface area contributed by atoms with Crippen molar-refractivity contribution in [3.63, 3.8) is 0 Å². The number of halogens is 5. The third-order valence-corrected chi connectivity index (χ3v) is 5.41. The van der Waals surface area contributed by atoms with Gasteiger partial charge in [0.2, 0.25) is 0 Å². The predicted octanol–water partition coefficient (Wildman–Crippen LogP) is 5.51. The number of rotatable bonds is 3. The minimum absolute atomic E-state index is 0.142. The van der Waals surface area contributed by atoms with Crippen LogP contribution in [0.2, 0.25) is 0 Å². The molecule has 0 spiro atoms. The van der Waals surface area contributed by atoms with Gasteiger partial charge in [-0.15, -0.1) is 0 Å². The van der Waals surface area contributed by atoms with Crippen molar-refractivity contribution in [1.82, 2.24) is 10.2 Å². The molecule has 5 nitrogen and oxygen atoms in total. The number of ether oxygens (including phenoxy) is 1. The molecule has 2 aromatic carbocycles. The quantitative estimate of drug-likeness (QED) is 0.585. The van der Waals surface area contributed by atoms with E-state index in [1.807, 2.05) is 0 Å². The minimum atomic E-state index is -4.95. The van der Waals surface area contributed by atoms with Crippen molar-refractivity contribution in [1.29, 1.82) is 0 Å². The van der Waals surface area contributed by atoms with E-state index in [4.69, 9.17) is 4.74 Å². The molecule has 1 aliphatic heterocycles.